The van der Waals surface area contributed by atoms with Crippen LogP contribution in [0.4, 0.5) is 5.69 Å². The van der Waals surface area contributed by atoms with Crippen molar-refractivity contribution in [3.8, 4) is 0 Å². The van der Waals surface area contributed by atoms with E-state index in [2.05, 4.69) is 31.3 Å². The molecule has 0 spiro atoms. The normalized spacial score (nSPS) is 19.8. The van der Waals surface area contributed by atoms with Crippen LogP contribution in [0.3, 0.4) is 0 Å². The predicted octanol–water partition coefficient (Wildman–Crippen LogP) is 2.37. The van der Waals surface area contributed by atoms with Crippen LogP contribution in [0.25, 0.3) is 0 Å². The zero-order valence-corrected chi connectivity index (χ0v) is 10.3. The van der Waals surface area contributed by atoms with Gasteiger partial charge in [-0.3, -0.25) is 0 Å². The summed E-state index contributed by atoms with van der Waals surface area (Å²) in [7, 11) is 0. The van der Waals surface area contributed by atoms with E-state index in [1.165, 1.54) is 24.0 Å². The lowest BCUT2D eigenvalue weighted by atomic mass is 9.83. The molecule has 3 N–H and O–H groups in total. The maximum absolute atomic E-state index is 5.99. The molecule has 1 aliphatic rings. The van der Waals surface area contributed by atoms with E-state index in [0.29, 0.717) is 6.04 Å². The number of rotatable bonds is 3. The van der Waals surface area contributed by atoms with Crippen molar-refractivity contribution in [2.45, 2.75) is 39.2 Å². The topological polar surface area (TPSA) is 38.0 Å². The first kappa shape index (κ1) is 11.5. The van der Waals surface area contributed by atoms with Gasteiger partial charge < -0.3 is 11.1 Å². The second kappa shape index (κ2) is 4.88. The summed E-state index contributed by atoms with van der Waals surface area (Å²) in [6, 6.07) is 6.91. The van der Waals surface area contributed by atoms with Gasteiger partial charge in [-0.25, -0.2) is 0 Å². The first-order valence-electron chi connectivity index (χ1n) is 6.26. The Morgan fingerprint density at radius 2 is 2.25 bits per heavy atom. The molecule has 16 heavy (non-hydrogen) atoms. The van der Waals surface area contributed by atoms with E-state index in [9.17, 15) is 0 Å². The lowest BCUT2D eigenvalue weighted by Gasteiger charge is -2.26. The lowest BCUT2D eigenvalue weighted by molar-refractivity contribution is 0.407. The highest BCUT2D eigenvalue weighted by Crippen LogP contribution is 2.28. The van der Waals surface area contributed by atoms with Crippen molar-refractivity contribution in [1.82, 2.24) is 5.32 Å². The van der Waals surface area contributed by atoms with Crippen molar-refractivity contribution < 1.29 is 0 Å². The van der Waals surface area contributed by atoms with E-state index in [-0.39, 0.29) is 0 Å². The monoisotopic (exact) mass is 218 g/mol. The molecule has 0 fully saturated rings. The van der Waals surface area contributed by atoms with Crippen LogP contribution in [0.1, 0.15) is 31.4 Å². The zero-order valence-electron chi connectivity index (χ0n) is 10.3. The molecule has 2 rings (SSSR count). The molecule has 88 valence electrons. The number of anilines is 1. The molecule has 0 radical (unpaired) electrons. The second-order valence-electron chi connectivity index (χ2n) is 5.16. The summed E-state index contributed by atoms with van der Waals surface area (Å²) >= 11 is 0. The molecule has 0 bridgehead atoms. The molecule has 1 aromatic rings. The number of nitrogens with one attached hydrogen (secondary N) is 1. The van der Waals surface area contributed by atoms with Crippen LogP contribution >= 0.6 is 0 Å². The average Bonchev–Trinajstić information content (AvgIpc) is 2.26. The number of nitrogens with two attached hydrogens (primary N) is 1. The summed E-state index contributed by atoms with van der Waals surface area (Å²) in [4.78, 5) is 0. The summed E-state index contributed by atoms with van der Waals surface area (Å²) < 4.78 is 0. The molecule has 1 aromatic carbocycles. The molecule has 2 nitrogen and oxygen atoms in total. The van der Waals surface area contributed by atoms with Crippen LogP contribution in [-0.2, 0) is 12.8 Å². The maximum atomic E-state index is 5.99. The minimum Gasteiger partial charge on any atom is -0.398 e. The van der Waals surface area contributed by atoms with Gasteiger partial charge in [0.05, 0.1) is 0 Å². The smallest absolute Gasteiger partial charge is 0.0349 e. The van der Waals surface area contributed by atoms with Crippen molar-refractivity contribution in [3.63, 3.8) is 0 Å². The Kier molecular flexibility index (Phi) is 3.49. The quantitative estimate of drug-likeness (QED) is 0.764. The lowest BCUT2D eigenvalue weighted by Crippen LogP contribution is -2.31. The predicted molar refractivity (Wildman–Crippen MR) is 69.5 cm³/mol. The summed E-state index contributed by atoms with van der Waals surface area (Å²) in [5, 5.41) is 3.53. The molecule has 0 aromatic heterocycles. The van der Waals surface area contributed by atoms with Gasteiger partial charge >= 0.3 is 0 Å². The van der Waals surface area contributed by atoms with E-state index in [0.717, 1.165) is 24.6 Å². The van der Waals surface area contributed by atoms with E-state index in [4.69, 9.17) is 5.73 Å². The highest BCUT2D eigenvalue weighted by molar-refractivity contribution is 5.52. The molecule has 0 amide bonds. The first-order valence-corrected chi connectivity index (χ1v) is 6.26. The van der Waals surface area contributed by atoms with Gasteiger partial charge in [0.25, 0.3) is 0 Å². The molecule has 0 saturated carbocycles. The molecule has 1 unspecified atom stereocenters. The van der Waals surface area contributed by atoms with Crippen LogP contribution in [0.5, 0.6) is 0 Å². The molecule has 0 saturated heterocycles. The van der Waals surface area contributed by atoms with E-state index >= 15 is 0 Å². The van der Waals surface area contributed by atoms with Crippen LogP contribution < -0.4 is 11.1 Å². The van der Waals surface area contributed by atoms with Gasteiger partial charge in [-0.2, -0.15) is 0 Å². The minimum absolute atomic E-state index is 0.585. The number of fused-ring (bicyclic) bond motifs is 1. The highest BCUT2D eigenvalue weighted by atomic mass is 14.9. The molecule has 0 heterocycles. The van der Waals surface area contributed by atoms with Gasteiger partial charge in [-0.1, -0.05) is 26.0 Å². The van der Waals surface area contributed by atoms with Gasteiger partial charge in [0.1, 0.15) is 0 Å². The third-order valence-electron chi connectivity index (χ3n) is 3.44. The van der Waals surface area contributed by atoms with Gasteiger partial charge in [-0.15, -0.1) is 0 Å². The number of benzene rings is 1. The van der Waals surface area contributed by atoms with Crippen LogP contribution in [0.2, 0.25) is 0 Å². The fraction of sp³-hybridized carbons (Fsp3) is 0.571. The molecule has 1 aliphatic carbocycles. The number of hydrogen-bond donors (Lipinski definition) is 2. The third-order valence-corrected chi connectivity index (χ3v) is 3.44. The van der Waals surface area contributed by atoms with E-state index < -0.39 is 0 Å². The highest BCUT2D eigenvalue weighted by Gasteiger charge is 2.19. The van der Waals surface area contributed by atoms with Crippen molar-refractivity contribution >= 4 is 5.69 Å². The molecular formula is C14H22N2. The van der Waals surface area contributed by atoms with Gasteiger partial charge in [0.15, 0.2) is 0 Å². The van der Waals surface area contributed by atoms with Crippen LogP contribution in [0.15, 0.2) is 18.2 Å². The Hall–Kier alpha value is -1.02. The van der Waals surface area contributed by atoms with Gasteiger partial charge in [-0.05, 0) is 48.9 Å². The zero-order chi connectivity index (χ0) is 11.5. The number of hydrogen-bond acceptors (Lipinski definition) is 2. The maximum Gasteiger partial charge on any atom is 0.0349 e. The average molecular weight is 218 g/mol. The molecule has 2 heteroatoms. The molecular weight excluding hydrogens is 196 g/mol. The Bertz CT molecular complexity index is 358. The van der Waals surface area contributed by atoms with Crippen molar-refractivity contribution in [1.29, 1.82) is 0 Å². The standard InChI is InChI=1S/C14H22N2/c1-10(2)16-9-11-6-7-13-12(8-11)4-3-5-14(13)15/h3-5,10-11,16H,6-9,15H2,1-2H3. The first-order chi connectivity index (χ1) is 7.66. The summed E-state index contributed by atoms with van der Waals surface area (Å²) in [5.41, 5.74) is 9.82. The fourth-order valence-electron chi connectivity index (χ4n) is 2.49. The Balaban J connectivity index is 2.01. The Morgan fingerprint density at radius 3 is 3.00 bits per heavy atom. The van der Waals surface area contributed by atoms with Crippen LogP contribution in [0, 0.1) is 5.92 Å². The largest absolute Gasteiger partial charge is 0.398 e. The van der Waals surface area contributed by atoms with Crippen molar-refractivity contribution in [3.05, 3.63) is 29.3 Å². The van der Waals surface area contributed by atoms with Crippen molar-refractivity contribution in [2.75, 3.05) is 12.3 Å². The third kappa shape index (κ3) is 2.56. The Labute approximate surface area is 98.2 Å². The van der Waals surface area contributed by atoms with Crippen LogP contribution in [-0.4, -0.2) is 12.6 Å². The molecule has 0 aliphatic heterocycles. The second-order valence-corrected chi connectivity index (χ2v) is 5.16. The summed E-state index contributed by atoms with van der Waals surface area (Å²) in [5.74, 6) is 0.775. The van der Waals surface area contributed by atoms with E-state index in [1.807, 2.05) is 6.07 Å². The van der Waals surface area contributed by atoms with Gasteiger partial charge in [0.2, 0.25) is 0 Å². The minimum atomic E-state index is 0.585. The fourth-order valence-corrected chi connectivity index (χ4v) is 2.49. The summed E-state index contributed by atoms with van der Waals surface area (Å²) in [6.45, 7) is 5.54. The van der Waals surface area contributed by atoms with Gasteiger partial charge in [0, 0.05) is 11.7 Å². The SMILES string of the molecule is CC(C)NCC1CCc2c(N)cccc2C1. The molecule has 1 atom stereocenters. The Morgan fingerprint density at radius 1 is 1.44 bits per heavy atom. The van der Waals surface area contributed by atoms with Crippen molar-refractivity contribution in [2.24, 2.45) is 5.92 Å². The number of nitrogen functional groups attached to an aromatic ring is 1. The van der Waals surface area contributed by atoms with E-state index in [1.54, 1.807) is 0 Å². The summed E-state index contributed by atoms with van der Waals surface area (Å²) in [6.07, 6.45) is 3.59.